The summed E-state index contributed by atoms with van der Waals surface area (Å²) in [6, 6.07) is 0.372. The topological polar surface area (TPSA) is 101 Å². The number of amides is 2. The molecule has 0 spiro atoms. The summed E-state index contributed by atoms with van der Waals surface area (Å²) < 4.78 is 0. The van der Waals surface area contributed by atoms with Crippen LogP contribution in [0.1, 0.15) is 98.3 Å². The lowest BCUT2D eigenvalue weighted by Gasteiger charge is -2.34. The third-order valence-electron chi connectivity index (χ3n) is 6.60. The number of nitrogens with one attached hydrogen (secondary N) is 2. The number of hydrogen-bond acceptors (Lipinski definition) is 6. The van der Waals surface area contributed by atoms with Crippen molar-refractivity contribution < 1.29 is 19.3 Å². The second kappa shape index (κ2) is 13.3. The van der Waals surface area contributed by atoms with Crippen LogP contribution in [0.4, 0.5) is 9.59 Å². The van der Waals surface area contributed by atoms with E-state index in [0.29, 0.717) is 0 Å². The molecule has 0 saturated heterocycles. The Morgan fingerprint density at radius 3 is 1.39 bits per heavy atom. The average molecular weight is 437 g/mol. The van der Waals surface area contributed by atoms with Crippen LogP contribution in [0, 0.1) is 11.8 Å². The number of rotatable bonds is 8. The minimum Gasteiger partial charge on any atom is -0.317 e. The van der Waals surface area contributed by atoms with E-state index in [-0.39, 0.29) is 12.1 Å². The van der Waals surface area contributed by atoms with Gasteiger partial charge in [-0.25, -0.2) is 9.59 Å². The summed E-state index contributed by atoms with van der Waals surface area (Å²) in [7, 11) is 0. The van der Waals surface area contributed by atoms with Crippen molar-refractivity contribution in [1.29, 1.82) is 0 Å². The molecule has 0 atom stereocenters. The molecule has 2 amide bonds. The molecule has 0 aromatic carbocycles. The molecule has 0 aromatic rings. The monoisotopic (exact) mass is 436 g/mol. The molecule has 2 saturated carbocycles. The van der Waals surface area contributed by atoms with Gasteiger partial charge in [-0.15, -0.1) is 0 Å². The fraction of sp³-hybridized carbons (Fsp3) is 0.826. The lowest BCUT2D eigenvalue weighted by molar-refractivity contribution is 0.136. The predicted molar refractivity (Wildman–Crippen MR) is 122 cm³/mol. The molecule has 0 bridgehead atoms. The van der Waals surface area contributed by atoms with Crippen molar-refractivity contribution >= 4 is 23.6 Å². The first-order valence-corrected chi connectivity index (χ1v) is 11.9. The van der Waals surface area contributed by atoms with Crippen molar-refractivity contribution in [1.82, 2.24) is 10.6 Å². The molecule has 2 aliphatic rings. The van der Waals surface area contributed by atoms with E-state index in [4.69, 9.17) is 9.68 Å². The molecule has 0 radical (unpaired) electrons. The molecule has 8 nitrogen and oxygen atoms in total. The molecule has 0 unspecified atom stereocenters. The van der Waals surface area contributed by atoms with Crippen LogP contribution in [0.25, 0.3) is 0 Å². The largest absolute Gasteiger partial charge is 0.433 e. The molecule has 0 heterocycles. The normalized spacial score (nSPS) is 27.4. The van der Waals surface area contributed by atoms with E-state index >= 15 is 0 Å². The Morgan fingerprint density at radius 2 is 1.06 bits per heavy atom. The van der Waals surface area contributed by atoms with Gasteiger partial charge >= 0.3 is 12.2 Å². The highest BCUT2D eigenvalue weighted by atomic mass is 16.7. The van der Waals surface area contributed by atoms with Gasteiger partial charge in [-0.05, 0) is 96.3 Å². The van der Waals surface area contributed by atoms with E-state index in [1.54, 1.807) is 0 Å². The summed E-state index contributed by atoms with van der Waals surface area (Å²) in [6.07, 6.45) is 10.4. The standard InChI is InChI=1S/C23H40N4O4/c1-5-16(3)26-30-22(28)24-20-11-7-18(8-12-20)15-19-9-13-21(14-10-19)25-23(29)31-27-17(4)6-2/h18-21H,5-15H2,1-4H3,(H,24,28)(H,25,29)/b26-16+,27-17+. The third-order valence-corrected chi connectivity index (χ3v) is 6.60. The molecule has 2 aliphatic carbocycles. The van der Waals surface area contributed by atoms with Crippen molar-refractivity contribution in [2.75, 3.05) is 0 Å². The Kier molecular flexibility index (Phi) is 10.8. The Labute approximate surface area is 186 Å². The maximum atomic E-state index is 11.8. The zero-order valence-electron chi connectivity index (χ0n) is 19.6. The molecule has 0 aromatic heterocycles. The fourth-order valence-corrected chi connectivity index (χ4v) is 4.31. The van der Waals surface area contributed by atoms with Crippen molar-refractivity contribution in [3.05, 3.63) is 0 Å². The molecular weight excluding hydrogens is 396 g/mol. The highest BCUT2D eigenvalue weighted by molar-refractivity contribution is 5.82. The zero-order valence-corrected chi connectivity index (χ0v) is 19.6. The summed E-state index contributed by atoms with van der Waals surface area (Å²) in [6.45, 7) is 7.64. The fourth-order valence-electron chi connectivity index (χ4n) is 4.31. The van der Waals surface area contributed by atoms with E-state index in [2.05, 4.69) is 20.9 Å². The lowest BCUT2D eigenvalue weighted by Crippen LogP contribution is -2.39. The molecule has 176 valence electrons. The first kappa shape index (κ1) is 25.1. The molecule has 2 fully saturated rings. The summed E-state index contributed by atoms with van der Waals surface area (Å²) in [5.41, 5.74) is 1.61. The summed E-state index contributed by atoms with van der Waals surface area (Å²) in [5, 5.41) is 13.5. The predicted octanol–water partition coefficient (Wildman–Crippen LogP) is 5.52. The van der Waals surface area contributed by atoms with Crippen LogP contribution in [0.15, 0.2) is 10.3 Å². The van der Waals surface area contributed by atoms with Crippen molar-refractivity contribution in [2.24, 2.45) is 22.1 Å². The molecule has 2 N–H and O–H groups in total. The Hall–Kier alpha value is -2.12. The average Bonchev–Trinajstić information content (AvgIpc) is 2.78. The van der Waals surface area contributed by atoms with Gasteiger partial charge in [-0.2, -0.15) is 0 Å². The van der Waals surface area contributed by atoms with Gasteiger partial charge in [-0.3, -0.25) is 9.68 Å². The van der Waals surface area contributed by atoms with Crippen LogP contribution in [-0.4, -0.2) is 35.7 Å². The Morgan fingerprint density at radius 1 is 0.710 bits per heavy atom. The van der Waals surface area contributed by atoms with Crippen LogP contribution in [0.2, 0.25) is 0 Å². The maximum absolute atomic E-state index is 11.8. The van der Waals surface area contributed by atoms with Crippen molar-refractivity contribution in [3.8, 4) is 0 Å². The minimum absolute atomic E-state index is 0.186. The molecular formula is C23H40N4O4. The van der Waals surface area contributed by atoms with Crippen LogP contribution < -0.4 is 10.6 Å². The van der Waals surface area contributed by atoms with Crippen LogP contribution in [0.3, 0.4) is 0 Å². The number of hydrogen-bond donors (Lipinski definition) is 2. The second-order valence-electron chi connectivity index (χ2n) is 9.08. The van der Waals surface area contributed by atoms with Crippen LogP contribution >= 0.6 is 0 Å². The lowest BCUT2D eigenvalue weighted by atomic mass is 9.76. The number of oxime groups is 2. The van der Waals surface area contributed by atoms with Gasteiger partial charge in [0.25, 0.3) is 0 Å². The summed E-state index contributed by atoms with van der Waals surface area (Å²) >= 11 is 0. The van der Waals surface area contributed by atoms with Gasteiger partial charge in [0.2, 0.25) is 0 Å². The second-order valence-corrected chi connectivity index (χ2v) is 9.08. The smallest absolute Gasteiger partial charge is 0.317 e. The Balaban J connectivity index is 1.60. The number of carbonyl (C=O) groups excluding carboxylic acids is 2. The first-order chi connectivity index (χ1) is 14.9. The zero-order chi connectivity index (χ0) is 22.6. The summed E-state index contributed by atoms with van der Waals surface area (Å²) in [4.78, 5) is 33.5. The van der Waals surface area contributed by atoms with E-state index in [1.165, 1.54) is 6.42 Å². The van der Waals surface area contributed by atoms with Gasteiger partial charge in [0.15, 0.2) is 0 Å². The van der Waals surface area contributed by atoms with Gasteiger partial charge in [0, 0.05) is 12.1 Å². The van der Waals surface area contributed by atoms with E-state index in [0.717, 1.165) is 87.5 Å². The van der Waals surface area contributed by atoms with Gasteiger partial charge in [0.05, 0.1) is 11.4 Å². The number of carbonyl (C=O) groups is 2. The molecule has 8 heteroatoms. The Bertz CT molecular complexity index is 579. The quantitative estimate of drug-likeness (QED) is 0.297. The number of nitrogens with zero attached hydrogens (tertiary/aromatic N) is 2. The maximum Gasteiger partial charge on any atom is 0.433 e. The summed E-state index contributed by atoms with van der Waals surface area (Å²) in [5.74, 6) is 1.44. The van der Waals surface area contributed by atoms with Crippen molar-refractivity contribution in [2.45, 2.75) is 110 Å². The highest BCUT2D eigenvalue weighted by Crippen LogP contribution is 2.35. The van der Waals surface area contributed by atoms with Gasteiger partial charge < -0.3 is 10.6 Å². The molecule has 2 rings (SSSR count). The van der Waals surface area contributed by atoms with Gasteiger partial charge in [0.1, 0.15) is 0 Å². The SMILES string of the molecule is CC/C(C)=N/OC(=O)NC1CCC(CC2CCC(NC(=O)O/N=C(\C)CC)CC2)CC1. The molecule has 31 heavy (non-hydrogen) atoms. The van der Waals surface area contributed by atoms with E-state index in [9.17, 15) is 9.59 Å². The van der Waals surface area contributed by atoms with Crippen molar-refractivity contribution in [3.63, 3.8) is 0 Å². The van der Waals surface area contributed by atoms with E-state index < -0.39 is 12.2 Å². The van der Waals surface area contributed by atoms with Crippen LogP contribution in [0.5, 0.6) is 0 Å². The third kappa shape index (κ3) is 9.70. The van der Waals surface area contributed by atoms with Gasteiger partial charge in [-0.1, -0.05) is 24.2 Å². The van der Waals surface area contributed by atoms with E-state index in [1.807, 2.05) is 27.7 Å². The molecule has 0 aliphatic heterocycles. The first-order valence-electron chi connectivity index (χ1n) is 11.9. The minimum atomic E-state index is -0.448. The van der Waals surface area contributed by atoms with Crippen LogP contribution in [-0.2, 0) is 9.68 Å². The highest BCUT2D eigenvalue weighted by Gasteiger charge is 2.28.